The van der Waals surface area contributed by atoms with E-state index in [1.165, 1.54) is 144 Å². The molecule has 0 fully saturated rings. The van der Waals surface area contributed by atoms with Crippen LogP contribution < -0.4 is 0 Å². The molecule has 1 aliphatic carbocycles. The first kappa shape index (κ1) is 30.8. The van der Waals surface area contributed by atoms with Crippen molar-refractivity contribution in [3.05, 3.63) is 59.7 Å². The second-order valence-electron chi connectivity index (χ2n) is 12.1. The molecule has 0 aromatic heterocycles. The van der Waals surface area contributed by atoms with Crippen LogP contribution in [-0.2, 0) is 12.8 Å². The van der Waals surface area contributed by atoms with E-state index >= 15 is 0 Å². The second kappa shape index (κ2) is 16.3. The van der Waals surface area contributed by atoms with E-state index in [1.54, 1.807) is 16.7 Å². The molecule has 3 aromatic rings. The van der Waals surface area contributed by atoms with Crippen LogP contribution in [0.3, 0.4) is 0 Å². The lowest BCUT2D eigenvalue weighted by Crippen LogP contribution is -2.26. The number of unbranched alkanes of at least 4 members (excludes halogenated alkanes) is 4. The van der Waals surface area contributed by atoms with Gasteiger partial charge in [0.1, 0.15) is 0 Å². The zero-order chi connectivity index (χ0) is 28.2. The molecule has 0 saturated heterocycles. The number of hydrogen-bond acceptors (Lipinski definition) is 2. The molecular weight excluding hydrogens is 484 g/mol. The zero-order valence-electron chi connectivity index (χ0n) is 26.2. The van der Waals surface area contributed by atoms with Gasteiger partial charge in [0.05, 0.1) is 0 Å². The van der Waals surface area contributed by atoms with E-state index in [0.717, 1.165) is 0 Å². The number of aryl methyl sites for hydroxylation is 1. The minimum Gasteiger partial charge on any atom is -0.303 e. The molecular formula is C38H56N2. The van der Waals surface area contributed by atoms with Crippen molar-refractivity contribution in [2.75, 3.05) is 39.3 Å². The molecule has 218 valence electrons. The molecule has 0 amide bonds. The van der Waals surface area contributed by atoms with Gasteiger partial charge in [0.25, 0.3) is 0 Å². The third kappa shape index (κ3) is 7.77. The number of fused-ring (bicyclic) bond motifs is 3. The van der Waals surface area contributed by atoms with Crippen LogP contribution in [0.5, 0.6) is 0 Å². The fourth-order valence-corrected chi connectivity index (χ4v) is 7.10. The van der Waals surface area contributed by atoms with Crippen LogP contribution in [0.15, 0.2) is 48.5 Å². The molecule has 1 aliphatic rings. The molecule has 0 unspecified atom stereocenters. The molecule has 0 aliphatic heterocycles. The van der Waals surface area contributed by atoms with E-state index in [1.807, 2.05) is 0 Å². The Bertz CT molecular complexity index is 1170. The highest BCUT2D eigenvalue weighted by Gasteiger charge is 2.25. The maximum absolute atomic E-state index is 2.67. The van der Waals surface area contributed by atoms with Crippen LogP contribution in [0.2, 0.25) is 0 Å². The first-order valence-corrected chi connectivity index (χ1v) is 16.8. The smallest absolute Gasteiger partial charge is 0.00187 e. The van der Waals surface area contributed by atoms with Crippen molar-refractivity contribution in [3.8, 4) is 22.3 Å². The lowest BCUT2D eigenvalue weighted by atomic mass is 9.88. The standard InChI is InChI=1S/C38H56N2/c1-5-24-39(25-6-2)28-15-9-11-18-31-30-32-19-17-23-35-34-21-13-14-22-36(34)38(37(32)35)33(31)20-12-10-16-29-40(26-7-3)27-8-4/h13-14,17,19,21-23,30H,5-12,15-16,18,20,24-29H2,1-4H3. The van der Waals surface area contributed by atoms with Crippen molar-refractivity contribution in [2.45, 2.75) is 105 Å². The van der Waals surface area contributed by atoms with Gasteiger partial charge in [-0.1, -0.05) is 89.1 Å². The second-order valence-corrected chi connectivity index (χ2v) is 12.1. The summed E-state index contributed by atoms with van der Waals surface area (Å²) in [5, 5.41) is 2.95. The lowest BCUT2D eigenvalue weighted by molar-refractivity contribution is 0.268. The fraction of sp³-hybridized carbons (Fsp3) is 0.579. The van der Waals surface area contributed by atoms with Crippen molar-refractivity contribution in [1.29, 1.82) is 0 Å². The average Bonchev–Trinajstić information content (AvgIpc) is 3.30. The van der Waals surface area contributed by atoms with E-state index in [2.05, 4.69) is 86.0 Å². The van der Waals surface area contributed by atoms with Gasteiger partial charge in [-0.05, 0) is 148 Å². The first-order valence-electron chi connectivity index (χ1n) is 16.8. The lowest BCUT2D eigenvalue weighted by Gasteiger charge is -2.21. The van der Waals surface area contributed by atoms with Crippen molar-refractivity contribution in [2.24, 2.45) is 0 Å². The molecule has 0 spiro atoms. The molecule has 0 saturated carbocycles. The molecule has 0 N–H and O–H groups in total. The van der Waals surface area contributed by atoms with Gasteiger partial charge in [-0.15, -0.1) is 0 Å². The predicted octanol–water partition coefficient (Wildman–Crippen LogP) is 10.2. The topological polar surface area (TPSA) is 6.48 Å². The maximum Gasteiger partial charge on any atom is -0.00187 e. The summed E-state index contributed by atoms with van der Waals surface area (Å²) in [4.78, 5) is 5.34. The molecule has 0 radical (unpaired) electrons. The van der Waals surface area contributed by atoms with Crippen LogP contribution in [-0.4, -0.2) is 49.1 Å². The molecule has 0 heterocycles. The zero-order valence-corrected chi connectivity index (χ0v) is 26.2. The summed E-state index contributed by atoms with van der Waals surface area (Å²) in [6.45, 7) is 16.8. The number of benzene rings is 3. The van der Waals surface area contributed by atoms with E-state index < -0.39 is 0 Å². The maximum atomic E-state index is 2.67. The number of hydrogen-bond donors (Lipinski definition) is 0. The molecule has 0 atom stereocenters. The van der Waals surface area contributed by atoms with E-state index in [0.29, 0.717) is 0 Å². The largest absolute Gasteiger partial charge is 0.303 e. The Balaban J connectivity index is 1.48. The Kier molecular flexibility index (Phi) is 12.6. The molecule has 40 heavy (non-hydrogen) atoms. The third-order valence-corrected chi connectivity index (χ3v) is 8.83. The normalized spacial score (nSPS) is 12.2. The van der Waals surface area contributed by atoms with Gasteiger partial charge in [0, 0.05) is 0 Å². The predicted molar refractivity (Wildman–Crippen MR) is 178 cm³/mol. The summed E-state index contributed by atoms with van der Waals surface area (Å²) in [5.41, 5.74) is 9.18. The number of rotatable bonds is 20. The average molecular weight is 541 g/mol. The van der Waals surface area contributed by atoms with Crippen LogP contribution in [0, 0.1) is 0 Å². The van der Waals surface area contributed by atoms with Gasteiger partial charge in [-0.3, -0.25) is 0 Å². The van der Waals surface area contributed by atoms with Crippen LogP contribution in [0.25, 0.3) is 33.0 Å². The van der Waals surface area contributed by atoms with E-state index in [9.17, 15) is 0 Å². The molecule has 0 bridgehead atoms. The highest BCUT2D eigenvalue weighted by molar-refractivity contribution is 6.16. The van der Waals surface area contributed by atoms with Gasteiger partial charge in [-0.25, -0.2) is 0 Å². The third-order valence-electron chi connectivity index (χ3n) is 8.83. The molecule has 4 rings (SSSR count). The van der Waals surface area contributed by atoms with Gasteiger partial charge >= 0.3 is 0 Å². The summed E-state index contributed by atoms with van der Waals surface area (Å²) >= 11 is 0. The number of nitrogens with zero attached hydrogens (tertiary/aromatic N) is 2. The summed E-state index contributed by atoms with van der Waals surface area (Å²) in [6.07, 6.45) is 15.4. The highest BCUT2D eigenvalue weighted by atomic mass is 15.1. The van der Waals surface area contributed by atoms with E-state index in [-0.39, 0.29) is 0 Å². The van der Waals surface area contributed by atoms with Crippen molar-refractivity contribution in [1.82, 2.24) is 9.80 Å². The summed E-state index contributed by atoms with van der Waals surface area (Å²) in [5.74, 6) is 0. The SMILES string of the molecule is CCCN(CCC)CCCCCc1cc2cccc3c2c(c1CCCCCN(CCC)CCC)-c1ccccc1-3. The van der Waals surface area contributed by atoms with Gasteiger partial charge in [0.2, 0.25) is 0 Å². The molecule has 3 aromatic carbocycles. The van der Waals surface area contributed by atoms with Gasteiger partial charge < -0.3 is 9.80 Å². The van der Waals surface area contributed by atoms with Crippen molar-refractivity contribution in [3.63, 3.8) is 0 Å². The fourth-order valence-electron chi connectivity index (χ4n) is 7.10. The monoisotopic (exact) mass is 540 g/mol. The Morgan fingerprint density at radius 3 is 1.65 bits per heavy atom. The van der Waals surface area contributed by atoms with Crippen molar-refractivity contribution < 1.29 is 0 Å². The Morgan fingerprint density at radius 2 is 1.05 bits per heavy atom. The van der Waals surface area contributed by atoms with Gasteiger partial charge in [0.15, 0.2) is 0 Å². The van der Waals surface area contributed by atoms with Crippen molar-refractivity contribution >= 4 is 10.8 Å². The highest BCUT2D eigenvalue weighted by Crippen LogP contribution is 2.50. The quantitative estimate of drug-likeness (QED) is 0.103. The Hall–Kier alpha value is -2.16. The first-order chi connectivity index (χ1) is 19.7. The summed E-state index contributed by atoms with van der Waals surface area (Å²) in [6, 6.07) is 18.7. The minimum atomic E-state index is 1.21. The van der Waals surface area contributed by atoms with Crippen LogP contribution in [0.1, 0.15) is 103 Å². The molecule has 2 nitrogen and oxygen atoms in total. The van der Waals surface area contributed by atoms with Crippen LogP contribution in [0.4, 0.5) is 0 Å². The molecule has 2 heteroatoms. The minimum absolute atomic E-state index is 1.21. The Morgan fingerprint density at radius 1 is 0.500 bits per heavy atom. The van der Waals surface area contributed by atoms with E-state index in [4.69, 9.17) is 0 Å². The summed E-state index contributed by atoms with van der Waals surface area (Å²) < 4.78 is 0. The van der Waals surface area contributed by atoms with Crippen LogP contribution >= 0.6 is 0 Å². The van der Waals surface area contributed by atoms with Gasteiger partial charge in [-0.2, -0.15) is 0 Å². The Labute approximate surface area is 246 Å². The summed E-state index contributed by atoms with van der Waals surface area (Å²) in [7, 11) is 0.